The first-order valence-corrected chi connectivity index (χ1v) is 19.0. The van der Waals surface area contributed by atoms with Crippen LogP contribution in [0.3, 0.4) is 0 Å². The maximum atomic E-state index is 2.46. The van der Waals surface area contributed by atoms with E-state index in [2.05, 4.69) is 198 Å². The molecule has 0 unspecified atom stereocenters. The van der Waals surface area contributed by atoms with Gasteiger partial charge in [-0.3, -0.25) is 0 Å². The molecule has 0 radical (unpaired) electrons. The van der Waals surface area contributed by atoms with Crippen molar-refractivity contribution in [3.63, 3.8) is 0 Å². The molecule has 0 spiro atoms. The smallest absolute Gasteiger partial charge is 0.00134 e. The zero-order valence-corrected chi connectivity index (χ0v) is 31.2. The molecule has 10 aromatic rings. The third-order valence-electron chi connectivity index (χ3n) is 11.8. The van der Waals surface area contributed by atoms with E-state index in [1.807, 2.05) is 0 Å². The Balaban J connectivity index is 1.45. The van der Waals surface area contributed by atoms with Crippen molar-refractivity contribution in [2.24, 2.45) is 0 Å². The maximum absolute atomic E-state index is 2.46. The lowest BCUT2D eigenvalue weighted by atomic mass is 9.83. The quantitative estimate of drug-likeness (QED) is 0.161. The van der Waals surface area contributed by atoms with Crippen LogP contribution in [-0.4, -0.2) is 0 Å². The summed E-state index contributed by atoms with van der Waals surface area (Å²) < 4.78 is 0. The van der Waals surface area contributed by atoms with Crippen LogP contribution in [0.15, 0.2) is 170 Å². The summed E-state index contributed by atoms with van der Waals surface area (Å²) in [4.78, 5) is 0. The Kier molecular flexibility index (Phi) is 7.49. The molecule has 0 aliphatic carbocycles. The first kappa shape index (κ1) is 32.2. The Bertz CT molecular complexity index is 2720. The van der Waals surface area contributed by atoms with Gasteiger partial charge in [0.15, 0.2) is 0 Å². The van der Waals surface area contributed by atoms with E-state index in [0.29, 0.717) is 0 Å². The first-order chi connectivity index (χ1) is 26.4. The second kappa shape index (κ2) is 12.6. The highest BCUT2D eigenvalue weighted by Crippen LogP contribution is 2.47. The van der Waals surface area contributed by atoms with Crippen molar-refractivity contribution in [3.05, 3.63) is 192 Å². The van der Waals surface area contributed by atoms with Gasteiger partial charge in [0.2, 0.25) is 0 Å². The summed E-state index contributed by atoms with van der Waals surface area (Å²) in [6.07, 6.45) is 0. The molecule has 0 N–H and O–H groups in total. The fourth-order valence-corrected chi connectivity index (χ4v) is 9.03. The van der Waals surface area contributed by atoms with Crippen LogP contribution < -0.4 is 0 Å². The molecule has 0 amide bonds. The Hall–Kier alpha value is -6.50. The van der Waals surface area contributed by atoms with Crippen molar-refractivity contribution >= 4 is 53.9 Å². The molecule has 10 rings (SSSR count). The van der Waals surface area contributed by atoms with E-state index in [9.17, 15) is 0 Å². The average molecular weight is 689 g/mol. The minimum absolute atomic E-state index is 1.25. The van der Waals surface area contributed by atoms with Crippen LogP contribution in [0.4, 0.5) is 0 Å². The first-order valence-electron chi connectivity index (χ1n) is 19.0. The molecule has 10 aromatic carbocycles. The van der Waals surface area contributed by atoms with Gasteiger partial charge in [0.05, 0.1) is 0 Å². The maximum Gasteiger partial charge on any atom is -0.00134 e. The second-order valence-corrected chi connectivity index (χ2v) is 15.1. The number of hydrogen-bond donors (Lipinski definition) is 0. The number of hydrogen-bond acceptors (Lipinski definition) is 0. The molecule has 0 saturated carbocycles. The minimum atomic E-state index is 1.25. The lowest BCUT2D eigenvalue weighted by Gasteiger charge is -2.20. The average Bonchev–Trinajstić information content (AvgIpc) is 3.20. The largest absolute Gasteiger partial charge is 0.0620 e. The molecule has 0 heteroatoms. The molecule has 0 aliphatic heterocycles. The number of benzene rings is 10. The summed E-state index contributed by atoms with van der Waals surface area (Å²) in [5.74, 6) is 0. The molecule has 0 bridgehead atoms. The summed E-state index contributed by atoms with van der Waals surface area (Å²) in [5, 5.41) is 12.9. The van der Waals surface area contributed by atoms with Crippen LogP contribution in [0.25, 0.3) is 98.4 Å². The van der Waals surface area contributed by atoms with Crippen molar-refractivity contribution in [3.8, 4) is 44.5 Å². The molecule has 256 valence electrons. The van der Waals surface area contributed by atoms with Gasteiger partial charge in [-0.2, -0.15) is 0 Å². The summed E-state index contributed by atoms with van der Waals surface area (Å²) >= 11 is 0. The zero-order valence-electron chi connectivity index (χ0n) is 31.2. The monoisotopic (exact) mass is 688 g/mol. The summed E-state index contributed by atoms with van der Waals surface area (Å²) in [7, 11) is 0. The predicted molar refractivity (Wildman–Crippen MR) is 235 cm³/mol. The SMILES string of the molecule is Cc1ccccc1-c1ccc2c3ccc(-c4ccccc4C)cc3c3c4cc(-c5ccccc5C)ccc4c4ccc(-c5ccccc5C)cc4c3c2c1. The number of aryl methyl sites for hydroxylation is 4. The van der Waals surface area contributed by atoms with E-state index >= 15 is 0 Å². The van der Waals surface area contributed by atoms with Crippen LogP contribution >= 0.6 is 0 Å². The van der Waals surface area contributed by atoms with Gasteiger partial charge in [0.25, 0.3) is 0 Å². The van der Waals surface area contributed by atoms with Crippen LogP contribution in [0, 0.1) is 27.7 Å². The molecule has 0 heterocycles. The van der Waals surface area contributed by atoms with Gasteiger partial charge in [0.1, 0.15) is 0 Å². The normalized spacial score (nSPS) is 11.7. The fraction of sp³-hybridized carbons (Fsp3) is 0.0741. The van der Waals surface area contributed by atoms with E-state index in [4.69, 9.17) is 0 Å². The molecular formula is C54H40. The molecule has 0 saturated heterocycles. The van der Waals surface area contributed by atoms with Crippen molar-refractivity contribution in [2.45, 2.75) is 27.7 Å². The van der Waals surface area contributed by atoms with Crippen LogP contribution in [0.5, 0.6) is 0 Å². The lowest BCUT2D eigenvalue weighted by Crippen LogP contribution is -1.92. The van der Waals surface area contributed by atoms with Gasteiger partial charge in [-0.25, -0.2) is 0 Å². The van der Waals surface area contributed by atoms with E-state index in [1.54, 1.807) is 0 Å². The van der Waals surface area contributed by atoms with Gasteiger partial charge in [0, 0.05) is 0 Å². The molecule has 0 atom stereocenters. The van der Waals surface area contributed by atoms with Crippen LogP contribution in [0.1, 0.15) is 22.3 Å². The molecule has 0 aliphatic rings. The zero-order chi connectivity index (χ0) is 36.5. The predicted octanol–water partition coefficient (Wildman–Crippen LogP) is 15.4. The molecule has 0 nitrogen and oxygen atoms in total. The van der Waals surface area contributed by atoms with Gasteiger partial charge in [-0.15, -0.1) is 0 Å². The Morgan fingerprint density at radius 3 is 0.667 bits per heavy atom. The van der Waals surface area contributed by atoms with Crippen molar-refractivity contribution in [1.82, 2.24) is 0 Å². The van der Waals surface area contributed by atoms with Gasteiger partial charge in [-0.05, 0) is 173 Å². The van der Waals surface area contributed by atoms with Crippen LogP contribution in [-0.2, 0) is 0 Å². The van der Waals surface area contributed by atoms with Crippen LogP contribution in [0.2, 0.25) is 0 Å². The van der Waals surface area contributed by atoms with E-state index in [-0.39, 0.29) is 0 Å². The number of fused-ring (bicyclic) bond motifs is 11. The topological polar surface area (TPSA) is 0 Å². The van der Waals surface area contributed by atoms with E-state index in [1.165, 1.54) is 121 Å². The Morgan fingerprint density at radius 1 is 0.222 bits per heavy atom. The van der Waals surface area contributed by atoms with Gasteiger partial charge >= 0.3 is 0 Å². The summed E-state index contributed by atoms with van der Waals surface area (Å²) in [6.45, 7) is 8.87. The van der Waals surface area contributed by atoms with Gasteiger partial charge in [-0.1, -0.05) is 146 Å². The third kappa shape index (κ3) is 5.06. The van der Waals surface area contributed by atoms with Crippen molar-refractivity contribution in [1.29, 1.82) is 0 Å². The van der Waals surface area contributed by atoms with E-state index < -0.39 is 0 Å². The highest BCUT2D eigenvalue weighted by molar-refractivity contribution is 6.40. The highest BCUT2D eigenvalue weighted by Gasteiger charge is 2.19. The standard InChI is InChI=1S/C54H40/c1-33-13-5-9-17-41(33)37-21-25-45-46-26-22-39(43-19-11-7-15-35(43)3)31-51(46)54-52-32-40(44-20-12-8-16-36(44)4)24-28-48(52)47-27-23-38(42-18-10-6-14-34(42)2)30-50(47)53(54)49(45)29-37/h5-32H,1-4H3. The third-order valence-corrected chi connectivity index (χ3v) is 11.8. The summed E-state index contributed by atoms with van der Waals surface area (Å²) in [5.41, 5.74) is 15.2. The molecule has 0 fully saturated rings. The Morgan fingerprint density at radius 2 is 0.444 bits per heavy atom. The Labute approximate surface area is 317 Å². The minimum Gasteiger partial charge on any atom is -0.0620 e. The number of rotatable bonds is 4. The van der Waals surface area contributed by atoms with Crippen molar-refractivity contribution in [2.75, 3.05) is 0 Å². The molecule has 0 aromatic heterocycles. The molecular weight excluding hydrogens is 649 g/mol. The highest BCUT2D eigenvalue weighted by atomic mass is 14.2. The fourth-order valence-electron chi connectivity index (χ4n) is 9.03. The lowest BCUT2D eigenvalue weighted by molar-refractivity contribution is 1.46. The van der Waals surface area contributed by atoms with E-state index in [0.717, 1.165) is 0 Å². The van der Waals surface area contributed by atoms with Crippen molar-refractivity contribution < 1.29 is 0 Å². The molecule has 54 heavy (non-hydrogen) atoms. The second-order valence-electron chi connectivity index (χ2n) is 15.1. The van der Waals surface area contributed by atoms with Gasteiger partial charge < -0.3 is 0 Å². The summed E-state index contributed by atoms with van der Waals surface area (Å²) in [6, 6.07) is 63.7.